The summed E-state index contributed by atoms with van der Waals surface area (Å²) in [4.78, 5) is 13.8. The Balaban J connectivity index is 2.03. The molecule has 2 aromatic carbocycles. The summed E-state index contributed by atoms with van der Waals surface area (Å²) in [5, 5.41) is 0.286. The number of rotatable bonds is 3. The van der Waals surface area contributed by atoms with E-state index < -0.39 is 5.82 Å². The highest BCUT2D eigenvalue weighted by molar-refractivity contribution is 6.31. The van der Waals surface area contributed by atoms with Crippen molar-refractivity contribution in [3.63, 3.8) is 0 Å². The zero-order chi connectivity index (χ0) is 16.6. The molecule has 1 aliphatic rings. The monoisotopic (exact) mass is 334 g/mol. The Morgan fingerprint density at radius 3 is 2.87 bits per heavy atom. The fourth-order valence-corrected chi connectivity index (χ4v) is 2.74. The molecule has 1 heterocycles. The van der Waals surface area contributed by atoms with Crippen molar-refractivity contribution in [2.75, 3.05) is 11.5 Å². The predicted octanol–water partition coefficient (Wildman–Crippen LogP) is 3.42. The van der Waals surface area contributed by atoms with Crippen molar-refractivity contribution >= 4 is 23.2 Å². The SMILES string of the molecule is CC(N)c1ccc2c(c1)N(Cc1c(F)cccc1Cl)C(=O)CO2. The van der Waals surface area contributed by atoms with E-state index >= 15 is 0 Å². The molecule has 23 heavy (non-hydrogen) atoms. The number of nitrogens with zero attached hydrogens (tertiary/aromatic N) is 1. The number of carbonyl (C=O) groups is 1. The second-order valence-electron chi connectivity index (χ2n) is 5.48. The average molecular weight is 335 g/mol. The van der Waals surface area contributed by atoms with Crippen LogP contribution in [-0.4, -0.2) is 12.5 Å². The first-order valence-corrected chi connectivity index (χ1v) is 7.60. The van der Waals surface area contributed by atoms with E-state index in [0.717, 1.165) is 5.56 Å². The smallest absolute Gasteiger partial charge is 0.265 e. The summed E-state index contributed by atoms with van der Waals surface area (Å²) in [6.45, 7) is 1.81. The highest BCUT2D eigenvalue weighted by Gasteiger charge is 2.27. The van der Waals surface area contributed by atoms with Gasteiger partial charge in [0.1, 0.15) is 11.6 Å². The van der Waals surface area contributed by atoms with Gasteiger partial charge in [-0.05, 0) is 36.8 Å². The van der Waals surface area contributed by atoms with Crippen molar-refractivity contribution in [3.05, 3.63) is 58.4 Å². The number of nitrogens with two attached hydrogens (primary N) is 1. The van der Waals surface area contributed by atoms with Crippen LogP contribution in [0.4, 0.5) is 10.1 Å². The summed E-state index contributed by atoms with van der Waals surface area (Å²) in [7, 11) is 0. The van der Waals surface area contributed by atoms with E-state index in [9.17, 15) is 9.18 Å². The third kappa shape index (κ3) is 3.02. The van der Waals surface area contributed by atoms with Crippen LogP contribution in [0.15, 0.2) is 36.4 Å². The minimum absolute atomic E-state index is 0.0447. The van der Waals surface area contributed by atoms with Crippen LogP contribution < -0.4 is 15.4 Å². The second kappa shape index (κ2) is 6.18. The molecule has 0 fully saturated rings. The van der Waals surface area contributed by atoms with Crippen LogP contribution >= 0.6 is 11.6 Å². The molecule has 6 heteroatoms. The Morgan fingerprint density at radius 2 is 2.17 bits per heavy atom. The maximum Gasteiger partial charge on any atom is 0.265 e. The van der Waals surface area contributed by atoms with Crippen molar-refractivity contribution in [3.8, 4) is 5.75 Å². The number of benzene rings is 2. The lowest BCUT2D eigenvalue weighted by atomic mass is 10.1. The molecule has 1 aliphatic heterocycles. The van der Waals surface area contributed by atoms with Gasteiger partial charge in [0.25, 0.3) is 5.91 Å². The van der Waals surface area contributed by atoms with Gasteiger partial charge in [-0.25, -0.2) is 4.39 Å². The number of fused-ring (bicyclic) bond motifs is 1. The van der Waals surface area contributed by atoms with Gasteiger partial charge in [0.2, 0.25) is 0 Å². The van der Waals surface area contributed by atoms with Crippen LogP contribution in [0, 0.1) is 5.82 Å². The van der Waals surface area contributed by atoms with Gasteiger partial charge in [0.05, 0.1) is 12.2 Å². The van der Waals surface area contributed by atoms with Gasteiger partial charge in [0.15, 0.2) is 6.61 Å². The quantitative estimate of drug-likeness (QED) is 0.935. The summed E-state index contributed by atoms with van der Waals surface area (Å²) in [5.74, 6) is -0.123. The first kappa shape index (κ1) is 15.8. The number of halogens is 2. The maximum atomic E-state index is 14.0. The van der Waals surface area contributed by atoms with Crippen LogP contribution in [-0.2, 0) is 11.3 Å². The molecule has 4 nitrogen and oxygen atoms in total. The van der Waals surface area contributed by atoms with Crippen LogP contribution in [0.1, 0.15) is 24.1 Å². The molecule has 0 aromatic heterocycles. The lowest BCUT2D eigenvalue weighted by Gasteiger charge is -2.30. The zero-order valence-corrected chi connectivity index (χ0v) is 13.3. The summed E-state index contributed by atoms with van der Waals surface area (Å²) < 4.78 is 19.5. The van der Waals surface area contributed by atoms with Gasteiger partial charge in [0, 0.05) is 16.6 Å². The topological polar surface area (TPSA) is 55.6 Å². The molecular weight excluding hydrogens is 319 g/mol. The van der Waals surface area contributed by atoms with E-state index in [1.54, 1.807) is 18.2 Å². The number of amides is 1. The van der Waals surface area contributed by atoms with E-state index in [0.29, 0.717) is 11.4 Å². The van der Waals surface area contributed by atoms with Crippen molar-refractivity contribution in [2.24, 2.45) is 5.73 Å². The van der Waals surface area contributed by atoms with Crippen molar-refractivity contribution in [2.45, 2.75) is 19.5 Å². The fourth-order valence-electron chi connectivity index (χ4n) is 2.52. The van der Waals surface area contributed by atoms with Gasteiger partial charge < -0.3 is 15.4 Å². The first-order chi connectivity index (χ1) is 11.0. The van der Waals surface area contributed by atoms with Crippen LogP contribution in [0.25, 0.3) is 0 Å². The number of anilines is 1. The largest absolute Gasteiger partial charge is 0.482 e. The van der Waals surface area contributed by atoms with E-state index in [-0.39, 0.29) is 35.7 Å². The molecule has 2 aromatic rings. The standard InChI is InChI=1S/C17H16ClFN2O2/c1-10(20)11-5-6-16-15(7-11)21(17(22)9-23-16)8-12-13(18)3-2-4-14(12)19/h2-7,10H,8-9,20H2,1H3. The number of hydrogen-bond donors (Lipinski definition) is 1. The summed E-state index contributed by atoms with van der Waals surface area (Å²) in [6, 6.07) is 9.70. The molecule has 0 saturated carbocycles. The van der Waals surface area contributed by atoms with Crippen LogP contribution in [0.5, 0.6) is 5.75 Å². The normalized spacial score (nSPS) is 15.1. The summed E-state index contributed by atoms with van der Waals surface area (Å²) >= 11 is 6.08. The Morgan fingerprint density at radius 1 is 1.39 bits per heavy atom. The molecule has 1 atom stereocenters. The molecule has 0 bridgehead atoms. The highest BCUT2D eigenvalue weighted by atomic mass is 35.5. The van der Waals surface area contributed by atoms with E-state index in [2.05, 4.69) is 0 Å². The van der Waals surface area contributed by atoms with Gasteiger partial charge in [-0.2, -0.15) is 0 Å². The number of ether oxygens (including phenoxy) is 1. The molecule has 0 spiro atoms. The minimum Gasteiger partial charge on any atom is -0.482 e. The van der Waals surface area contributed by atoms with Crippen molar-refractivity contribution in [1.82, 2.24) is 0 Å². The Kier molecular flexibility index (Phi) is 4.24. The second-order valence-corrected chi connectivity index (χ2v) is 5.89. The fraction of sp³-hybridized carbons (Fsp3) is 0.235. The minimum atomic E-state index is -0.443. The zero-order valence-electron chi connectivity index (χ0n) is 12.6. The lowest BCUT2D eigenvalue weighted by molar-refractivity contribution is -0.121. The van der Waals surface area contributed by atoms with Gasteiger partial charge >= 0.3 is 0 Å². The van der Waals surface area contributed by atoms with Gasteiger partial charge in [-0.1, -0.05) is 23.7 Å². The molecule has 1 amide bonds. The molecule has 2 N–H and O–H groups in total. The predicted molar refractivity (Wildman–Crippen MR) is 87.1 cm³/mol. The highest BCUT2D eigenvalue weighted by Crippen LogP contribution is 2.36. The summed E-state index contributed by atoms with van der Waals surface area (Å²) in [6.07, 6.45) is 0. The van der Waals surface area contributed by atoms with Crippen LogP contribution in [0.2, 0.25) is 5.02 Å². The maximum absolute atomic E-state index is 14.0. The van der Waals surface area contributed by atoms with E-state index in [4.69, 9.17) is 22.1 Å². The first-order valence-electron chi connectivity index (χ1n) is 7.23. The van der Waals surface area contributed by atoms with Gasteiger partial charge in [-0.3, -0.25) is 4.79 Å². The Bertz CT molecular complexity index is 744. The number of carbonyl (C=O) groups excluding carboxylic acids is 1. The van der Waals surface area contributed by atoms with E-state index in [1.807, 2.05) is 13.0 Å². The Hall–Kier alpha value is -2.11. The van der Waals surface area contributed by atoms with Crippen LogP contribution in [0.3, 0.4) is 0 Å². The summed E-state index contributed by atoms with van der Waals surface area (Å²) in [5.41, 5.74) is 7.63. The molecular formula is C17H16ClFN2O2. The molecule has 1 unspecified atom stereocenters. The van der Waals surface area contributed by atoms with Crippen molar-refractivity contribution in [1.29, 1.82) is 0 Å². The molecule has 0 radical (unpaired) electrons. The molecule has 0 aliphatic carbocycles. The molecule has 120 valence electrons. The van der Waals surface area contributed by atoms with E-state index in [1.165, 1.54) is 17.0 Å². The average Bonchev–Trinajstić information content (AvgIpc) is 2.52. The number of hydrogen-bond acceptors (Lipinski definition) is 3. The third-order valence-electron chi connectivity index (χ3n) is 3.83. The third-order valence-corrected chi connectivity index (χ3v) is 4.18. The lowest BCUT2D eigenvalue weighted by Crippen LogP contribution is -2.38. The molecule has 0 saturated heterocycles. The molecule has 3 rings (SSSR count). The van der Waals surface area contributed by atoms with Crippen molar-refractivity contribution < 1.29 is 13.9 Å². The van der Waals surface area contributed by atoms with Gasteiger partial charge in [-0.15, -0.1) is 0 Å². The Labute approximate surface area is 138 Å².